The standard InChI is InChI=1S/C22H20N4O2S2/c27-20(16-29-15-18-13-21(28)25-11-12-30-22(25)23-18)24-26(19-9-5-2-6-10-19)14-17-7-3-1-4-8-17/h1-13H,14-16H2,(H,24,27). The number of amides is 1. The number of nitrogens with one attached hydrogen (secondary N) is 1. The second kappa shape index (κ2) is 9.60. The van der Waals surface area contributed by atoms with Gasteiger partial charge in [0.25, 0.3) is 5.56 Å². The van der Waals surface area contributed by atoms with Crippen LogP contribution in [-0.2, 0) is 17.1 Å². The number of fused-ring (bicyclic) bond motifs is 1. The molecule has 1 N–H and O–H groups in total. The molecule has 0 aliphatic rings. The molecule has 2 aromatic carbocycles. The van der Waals surface area contributed by atoms with Gasteiger partial charge in [-0.15, -0.1) is 23.1 Å². The van der Waals surface area contributed by atoms with Crippen LogP contribution in [0.25, 0.3) is 4.96 Å². The van der Waals surface area contributed by atoms with Gasteiger partial charge in [0.1, 0.15) is 0 Å². The first-order valence-corrected chi connectivity index (χ1v) is 11.4. The maximum atomic E-state index is 12.6. The minimum Gasteiger partial charge on any atom is -0.281 e. The summed E-state index contributed by atoms with van der Waals surface area (Å²) in [6.07, 6.45) is 1.71. The van der Waals surface area contributed by atoms with E-state index >= 15 is 0 Å². The topological polar surface area (TPSA) is 66.7 Å². The fraction of sp³-hybridized carbons (Fsp3) is 0.136. The monoisotopic (exact) mass is 436 g/mol. The molecule has 6 nitrogen and oxygen atoms in total. The van der Waals surface area contributed by atoms with Gasteiger partial charge in [0.05, 0.1) is 23.7 Å². The van der Waals surface area contributed by atoms with Crippen molar-refractivity contribution in [3.05, 3.63) is 99.9 Å². The molecular formula is C22H20N4O2S2. The Morgan fingerprint density at radius 1 is 1.10 bits per heavy atom. The lowest BCUT2D eigenvalue weighted by atomic mass is 10.2. The zero-order chi connectivity index (χ0) is 20.8. The van der Waals surface area contributed by atoms with Gasteiger partial charge in [-0.3, -0.25) is 24.4 Å². The number of aromatic nitrogens is 2. The molecule has 0 spiro atoms. The maximum Gasteiger partial charge on any atom is 0.258 e. The van der Waals surface area contributed by atoms with Gasteiger partial charge in [-0.05, 0) is 17.7 Å². The average Bonchev–Trinajstić information content (AvgIpc) is 3.24. The van der Waals surface area contributed by atoms with Crippen molar-refractivity contribution < 1.29 is 4.79 Å². The number of hydrogen-bond donors (Lipinski definition) is 1. The molecule has 2 heterocycles. The summed E-state index contributed by atoms with van der Waals surface area (Å²) < 4.78 is 1.52. The van der Waals surface area contributed by atoms with E-state index in [0.717, 1.165) is 11.3 Å². The number of nitrogens with zero attached hydrogens (tertiary/aromatic N) is 3. The smallest absolute Gasteiger partial charge is 0.258 e. The molecule has 4 rings (SSSR count). The van der Waals surface area contributed by atoms with Crippen molar-refractivity contribution in [3.8, 4) is 0 Å². The van der Waals surface area contributed by atoms with E-state index in [2.05, 4.69) is 10.4 Å². The van der Waals surface area contributed by atoms with E-state index in [4.69, 9.17) is 0 Å². The predicted molar refractivity (Wildman–Crippen MR) is 123 cm³/mol. The van der Waals surface area contributed by atoms with Crippen LogP contribution in [0.4, 0.5) is 5.69 Å². The molecule has 1 amide bonds. The normalized spacial score (nSPS) is 10.8. The van der Waals surface area contributed by atoms with Crippen LogP contribution in [0, 0.1) is 0 Å². The van der Waals surface area contributed by atoms with Crippen molar-refractivity contribution in [2.24, 2.45) is 0 Å². The molecule has 0 aliphatic heterocycles. The number of hydrogen-bond acceptors (Lipinski definition) is 6. The van der Waals surface area contributed by atoms with Crippen molar-refractivity contribution in [2.45, 2.75) is 12.3 Å². The minimum atomic E-state index is -0.103. The summed E-state index contributed by atoms with van der Waals surface area (Å²) in [5.74, 6) is 0.665. The molecule has 0 unspecified atom stereocenters. The zero-order valence-electron chi connectivity index (χ0n) is 16.1. The molecule has 4 aromatic rings. The number of rotatable bonds is 8. The van der Waals surface area contributed by atoms with Crippen molar-refractivity contribution in [2.75, 3.05) is 10.8 Å². The van der Waals surface area contributed by atoms with Gasteiger partial charge in [-0.25, -0.2) is 4.98 Å². The number of carbonyl (C=O) groups excluding carboxylic acids is 1. The minimum absolute atomic E-state index is 0.0978. The molecule has 30 heavy (non-hydrogen) atoms. The molecule has 0 fully saturated rings. The lowest BCUT2D eigenvalue weighted by Gasteiger charge is -2.25. The fourth-order valence-corrected chi connectivity index (χ4v) is 4.41. The van der Waals surface area contributed by atoms with Crippen LogP contribution in [-0.4, -0.2) is 21.0 Å². The largest absolute Gasteiger partial charge is 0.281 e. The Kier molecular flexibility index (Phi) is 6.46. The first-order chi connectivity index (χ1) is 14.7. The van der Waals surface area contributed by atoms with E-state index in [1.165, 1.54) is 33.6 Å². The van der Waals surface area contributed by atoms with Crippen LogP contribution in [0.2, 0.25) is 0 Å². The molecule has 152 valence electrons. The van der Waals surface area contributed by atoms with Crippen LogP contribution in [0.5, 0.6) is 0 Å². The predicted octanol–water partition coefficient (Wildman–Crippen LogP) is 3.73. The molecule has 0 atom stereocenters. The Hall–Kier alpha value is -3.10. The Bertz CT molecular complexity index is 1180. The Labute approximate surface area is 182 Å². The summed E-state index contributed by atoms with van der Waals surface area (Å²) in [6, 6.07) is 21.3. The molecule has 8 heteroatoms. The molecule has 0 bridgehead atoms. The second-order valence-electron chi connectivity index (χ2n) is 6.58. The van der Waals surface area contributed by atoms with Crippen LogP contribution >= 0.6 is 23.1 Å². The summed E-state index contributed by atoms with van der Waals surface area (Å²) in [5.41, 5.74) is 5.60. The fourth-order valence-electron chi connectivity index (χ4n) is 2.96. The van der Waals surface area contributed by atoms with Crippen molar-refractivity contribution in [3.63, 3.8) is 0 Å². The summed E-state index contributed by atoms with van der Waals surface area (Å²) in [5, 5.41) is 3.68. The van der Waals surface area contributed by atoms with Crippen molar-refractivity contribution in [1.82, 2.24) is 14.8 Å². The third-order valence-corrected chi connectivity index (χ3v) is 6.07. The lowest BCUT2D eigenvalue weighted by molar-refractivity contribution is -0.118. The summed E-state index contributed by atoms with van der Waals surface area (Å²) in [7, 11) is 0. The Morgan fingerprint density at radius 2 is 1.83 bits per heavy atom. The summed E-state index contributed by atoms with van der Waals surface area (Å²) in [4.78, 5) is 29.8. The molecule has 2 aromatic heterocycles. The first kappa shape index (κ1) is 20.2. The number of carbonyl (C=O) groups is 1. The van der Waals surface area contributed by atoms with E-state index in [9.17, 15) is 9.59 Å². The van der Waals surface area contributed by atoms with E-state index < -0.39 is 0 Å². The van der Waals surface area contributed by atoms with E-state index in [0.29, 0.717) is 23.0 Å². The molecule has 0 radical (unpaired) electrons. The highest BCUT2D eigenvalue weighted by atomic mass is 32.2. The Morgan fingerprint density at radius 3 is 2.60 bits per heavy atom. The van der Waals surface area contributed by atoms with Gasteiger partial charge in [-0.1, -0.05) is 48.5 Å². The summed E-state index contributed by atoms with van der Waals surface area (Å²) >= 11 is 2.85. The quantitative estimate of drug-likeness (QED) is 0.427. The third-order valence-electron chi connectivity index (χ3n) is 4.35. The molecule has 0 saturated heterocycles. The maximum absolute atomic E-state index is 12.6. The SMILES string of the molecule is O=C(CSCc1cc(=O)n2ccsc2n1)NN(Cc1ccccc1)c1ccccc1. The van der Waals surface area contributed by atoms with Gasteiger partial charge in [-0.2, -0.15) is 0 Å². The molecule has 0 saturated carbocycles. The third kappa shape index (κ3) is 5.08. The van der Waals surface area contributed by atoms with E-state index in [-0.39, 0.29) is 17.2 Å². The highest BCUT2D eigenvalue weighted by Gasteiger charge is 2.12. The van der Waals surface area contributed by atoms with E-state index in [1.54, 1.807) is 6.20 Å². The number of hydrazine groups is 1. The summed E-state index contributed by atoms with van der Waals surface area (Å²) in [6.45, 7) is 0.564. The van der Waals surface area contributed by atoms with E-state index in [1.807, 2.05) is 71.1 Å². The van der Waals surface area contributed by atoms with Crippen molar-refractivity contribution >= 4 is 39.7 Å². The van der Waals surface area contributed by atoms with Crippen LogP contribution in [0.3, 0.4) is 0 Å². The van der Waals surface area contributed by atoms with Crippen LogP contribution in [0.1, 0.15) is 11.3 Å². The average molecular weight is 437 g/mol. The van der Waals surface area contributed by atoms with Gasteiger partial charge in [0.15, 0.2) is 4.96 Å². The number of anilines is 1. The first-order valence-electron chi connectivity index (χ1n) is 9.38. The number of benzene rings is 2. The van der Waals surface area contributed by atoms with Gasteiger partial charge in [0, 0.05) is 23.4 Å². The second-order valence-corrected chi connectivity index (χ2v) is 8.43. The van der Waals surface area contributed by atoms with Gasteiger partial charge in [0.2, 0.25) is 5.91 Å². The molecule has 0 aliphatic carbocycles. The molecular weight excluding hydrogens is 416 g/mol. The van der Waals surface area contributed by atoms with Crippen LogP contribution < -0.4 is 16.0 Å². The van der Waals surface area contributed by atoms with Crippen molar-refractivity contribution in [1.29, 1.82) is 0 Å². The lowest BCUT2D eigenvalue weighted by Crippen LogP contribution is -2.42. The number of thioether (sulfide) groups is 1. The van der Waals surface area contributed by atoms with Gasteiger partial charge < -0.3 is 0 Å². The highest BCUT2D eigenvalue weighted by Crippen LogP contribution is 2.16. The number of thiazole rings is 1. The Balaban J connectivity index is 1.37. The number of para-hydroxylation sites is 1. The highest BCUT2D eigenvalue weighted by molar-refractivity contribution is 7.99. The van der Waals surface area contributed by atoms with Gasteiger partial charge >= 0.3 is 0 Å². The zero-order valence-corrected chi connectivity index (χ0v) is 17.7. The van der Waals surface area contributed by atoms with Crippen LogP contribution in [0.15, 0.2) is 83.1 Å².